The highest BCUT2D eigenvalue weighted by Crippen LogP contribution is 2.59. The van der Waals surface area contributed by atoms with Crippen LogP contribution in [0.15, 0.2) is 87.6 Å². The zero-order valence-corrected chi connectivity index (χ0v) is 26.5. The fraction of sp³-hybridized carbons (Fsp3) is 0.382. The van der Waals surface area contributed by atoms with Crippen LogP contribution in [0.3, 0.4) is 0 Å². The minimum Gasteiger partial charge on any atom is -0.356 e. The minimum atomic E-state index is -4.13. The van der Waals surface area contributed by atoms with Crippen molar-refractivity contribution >= 4 is 33.7 Å². The van der Waals surface area contributed by atoms with Gasteiger partial charge >= 0.3 is 6.18 Å². The maximum atomic E-state index is 13.4. The van der Waals surface area contributed by atoms with Crippen molar-refractivity contribution in [3.05, 3.63) is 93.4 Å². The lowest BCUT2D eigenvalue weighted by molar-refractivity contribution is -0.193. The summed E-state index contributed by atoms with van der Waals surface area (Å²) in [5, 5.41) is 5.92. The van der Waals surface area contributed by atoms with Crippen LogP contribution in [-0.4, -0.2) is 19.6 Å². The molecule has 4 atom stereocenters. The molecule has 1 saturated carbocycles. The summed E-state index contributed by atoms with van der Waals surface area (Å²) in [7, 11) is 1.50. The van der Waals surface area contributed by atoms with Gasteiger partial charge in [-0.05, 0) is 112 Å². The Hall–Kier alpha value is -3.35. The first-order chi connectivity index (χ1) is 20.4. The lowest BCUT2D eigenvalue weighted by Crippen LogP contribution is -2.43. The van der Waals surface area contributed by atoms with Crippen LogP contribution in [0, 0.1) is 41.8 Å². The van der Waals surface area contributed by atoms with Gasteiger partial charge in [0.1, 0.15) is 5.82 Å². The van der Waals surface area contributed by atoms with Crippen LogP contribution in [0.5, 0.6) is 0 Å². The number of hydrogen-bond donors (Lipinski definition) is 3. The van der Waals surface area contributed by atoms with Gasteiger partial charge in [0.05, 0.1) is 5.92 Å². The molecule has 3 aliphatic rings. The zero-order chi connectivity index (χ0) is 32.4. The number of alkyl halides is 3. The van der Waals surface area contributed by atoms with Crippen molar-refractivity contribution in [1.82, 2.24) is 0 Å². The number of halogens is 5. The molecule has 0 radical (unpaired) electrons. The zero-order valence-electron chi connectivity index (χ0n) is 24.9. The van der Waals surface area contributed by atoms with Crippen molar-refractivity contribution in [3.63, 3.8) is 0 Å². The van der Waals surface area contributed by atoms with Gasteiger partial charge in [-0.15, -0.1) is 12.8 Å². The summed E-state index contributed by atoms with van der Waals surface area (Å²) in [4.78, 5) is 9.94. The van der Waals surface area contributed by atoms with Gasteiger partial charge in [-0.2, -0.15) is 13.2 Å². The number of benzene rings is 2. The summed E-state index contributed by atoms with van der Waals surface area (Å²) in [6.07, 6.45) is 11.0. The Morgan fingerprint density at radius 2 is 1.63 bits per heavy atom. The van der Waals surface area contributed by atoms with Crippen molar-refractivity contribution in [2.75, 3.05) is 17.7 Å². The van der Waals surface area contributed by atoms with Gasteiger partial charge in [0, 0.05) is 27.0 Å². The molecule has 1 amide bonds. The van der Waals surface area contributed by atoms with Crippen LogP contribution >= 0.6 is 15.9 Å². The summed E-state index contributed by atoms with van der Waals surface area (Å²) < 4.78 is 54.5. The van der Waals surface area contributed by atoms with Crippen molar-refractivity contribution in [2.24, 2.45) is 28.9 Å². The Balaban J connectivity index is 0.000000387. The Morgan fingerprint density at radius 1 is 1.05 bits per heavy atom. The number of rotatable bonds is 4. The minimum absolute atomic E-state index is 0.00284. The van der Waals surface area contributed by atoms with Crippen LogP contribution in [0.2, 0.25) is 0 Å². The molecule has 0 aliphatic heterocycles. The molecule has 0 saturated heterocycles. The second-order valence-electron chi connectivity index (χ2n) is 10.8. The number of carbonyl (C=O) groups excluding carboxylic acids is 1. The maximum absolute atomic E-state index is 13.4. The topological polar surface area (TPSA) is 67.1 Å². The van der Waals surface area contributed by atoms with Crippen molar-refractivity contribution in [3.8, 4) is 12.8 Å². The van der Waals surface area contributed by atoms with E-state index in [9.17, 15) is 22.4 Å². The van der Waals surface area contributed by atoms with Gasteiger partial charge in [-0.25, -0.2) is 4.39 Å². The second kappa shape index (κ2) is 15.9. The first-order valence-electron chi connectivity index (χ1n) is 14.0. The number of nitrogens with two attached hydrogens (primary N) is 1. The van der Waals surface area contributed by atoms with E-state index < -0.39 is 12.1 Å². The van der Waals surface area contributed by atoms with E-state index in [0.29, 0.717) is 6.41 Å². The molecule has 0 spiro atoms. The SMILES string of the molecule is C#C.CC1=C(Nc2ccc(F)cc2)C=C2CCC3C(=CC[C@@H](C(F)(F)F)C3C)[C@@]2(C)C1.CN.O=CNc1ccc(Br)cc1. The van der Waals surface area contributed by atoms with E-state index in [2.05, 4.69) is 65.1 Å². The number of allylic oxidation sites excluding steroid dienone is 5. The highest BCUT2D eigenvalue weighted by Gasteiger charge is 2.52. The Bertz CT molecular complexity index is 1330. The van der Waals surface area contributed by atoms with Crippen molar-refractivity contribution < 1.29 is 22.4 Å². The van der Waals surface area contributed by atoms with E-state index in [1.807, 2.05) is 30.3 Å². The van der Waals surface area contributed by atoms with E-state index in [1.165, 1.54) is 35.9 Å². The van der Waals surface area contributed by atoms with E-state index in [-0.39, 0.29) is 29.5 Å². The third kappa shape index (κ3) is 8.84. The van der Waals surface area contributed by atoms with Crippen LogP contribution < -0.4 is 16.4 Å². The van der Waals surface area contributed by atoms with E-state index >= 15 is 0 Å². The molecule has 43 heavy (non-hydrogen) atoms. The second-order valence-corrected chi connectivity index (χ2v) is 11.7. The van der Waals surface area contributed by atoms with Gasteiger partial charge < -0.3 is 16.4 Å². The third-order valence-corrected chi connectivity index (χ3v) is 8.87. The largest absolute Gasteiger partial charge is 0.392 e. The maximum Gasteiger partial charge on any atom is 0.392 e. The molecular weight excluding hydrogens is 622 g/mol. The van der Waals surface area contributed by atoms with Crippen LogP contribution in [0.4, 0.5) is 28.9 Å². The molecule has 2 unspecified atom stereocenters. The van der Waals surface area contributed by atoms with E-state index in [1.54, 1.807) is 19.1 Å². The molecule has 2 aromatic carbocycles. The number of anilines is 2. The van der Waals surface area contributed by atoms with E-state index in [0.717, 1.165) is 40.8 Å². The predicted octanol–water partition coefficient (Wildman–Crippen LogP) is 9.24. The van der Waals surface area contributed by atoms with E-state index in [4.69, 9.17) is 0 Å². The fourth-order valence-corrected chi connectivity index (χ4v) is 6.52. The van der Waals surface area contributed by atoms with Crippen molar-refractivity contribution in [2.45, 2.75) is 52.6 Å². The Morgan fingerprint density at radius 3 is 2.19 bits per heavy atom. The molecule has 0 aromatic heterocycles. The number of fused-ring (bicyclic) bond motifs is 3. The number of nitrogens with one attached hydrogen (secondary N) is 2. The molecular formula is C34H40BrF4N3O. The van der Waals surface area contributed by atoms with Crippen LogP contribution in [0.25, 0.3) is 0 Å². The molecule has 4 N–H and O–H groups in total. The summed E-state index contributed by atoms with van der Waals surface area (Å²) in [5.74, 6) is -1.89. The molecule has 0 bridgehead atoms. The van der Waals surface area contributed by atoms with Crippen LogP contribution in [0.1, 0.15) is 46.5 Å². The highest BCUT2D eigenvalue weighted by molar-refractivity contribution is 9.10. The fourth-order valence-electron chi connectivity index (χ4n) is 6.26. The summed E-state index contributed by atoms with van der Waals surface area (Å²) >= 11 is 3.28. The average molecular weight is 663 g/mol. The van der Waals surface area contributed by atoms with Gasteiger partial charge in [-0.3, -0.25) is 4.79 Å². The standard InChI is InChI=1S/C24H27F4N.C7H6BrNO.C2H2.CH5N/c1-14-13-23(3)16(12-22(14)29-18-7-5-17(25)6-8-18)4-9-19-15(2)20(24(26,27)28)10-11-21(19)23;8-6-1-3-7(4-2-6)9-5-10;2*1-2/h5-8,11-12,15,19-20,29H,4,9-10,13H2,1-3H3;1-5H,(H,9,10);1-2H;2H2,1H3/t15?,19?,20-,23+;;;/m1.../s1. The third-order valence-electron chi connectivity index (χ3n) is 8.34. The average Bonchev–Trinajstić information content (AvgIpc) is 2.98. The highest BCUT2D eigenvalue weighted by atomic mass is 79.9. The smallest absolute Gasteiger partial charge is 0.356 e. The predicted molar refractivity (Wildman–Crippen MR) is 171 cm³/mol. The lowest BCUT2D eigenvalue weighted by atomic mass is 9.54. The van der Waals surface area contributed by atoms with Gasteiger partial charge in [0.2, 0.25) is 6.41 Å². The number of carbonyl (C=O) groups is 1. The molecule has 1 fully saturated rings. The number of amides is 1. The first kappa shape index (κ1) is 35.8. The number of hydrogen-bond acceptors (Lipinski definition) is 3. The molecule has 232 valence electrons. The molecule has 0 heterocycles. The summed E-state index contributed by atoms with van der Waals surface area (Å²) in [6.45, 7) is 6.04. The molecule has 9 heteroatoms. The van der Waals surface area contributed by atoms with Crippen molar-refractivity contribution in [1.29, 1.82) is 0 Å². The molecule has 2 aromatic rings. The quantitative estimate of drug-likeness (QED) is 0.132. The van der Waals surface area contributed by atoms with Crippen LogP contribution in [-0.2, 0) is 4.79 Å². The summed E-state index contributed by atoms with van der Waals surface area (Å²) in [6, 6.07) is 13.6. The van der Waals surface area contributed by atoms with Gasteiger partial charge in [0.25, 0.3) is 0 Å². The first-order valence-corrected chi connectivity index (χ1v) is 14.8. The molecule has 4 nitrogen and oxygen atoms in total. The van der Waals surface area contributed by atoms with Gasteiger partial charge in [0.15, 0.2) is 0 Å². The normalized spacial score (nSPS) is 24.0. The Labute approximate surface area is 261 Å². The van der Waals surface area contributed by atoms with Gasteiger partial charge in [-0.1, -0.05) is 47.0 Å². The lowest BCUT2D eigenvalue weighted by Gasteiger charge is -2.51. The molecule has 3 aliphatic carbocycles. The Kier molecular flexibility index (Phi) is 13.3. The number of terminal acetylenes is 1. The molecule has 5 rings (SSSR count). The monoisotopic (exact) mass is 661 g/mol. The summed E-state index contributed by atoms with van der Waals surface area (Å²) in [5.41, 5.74) is 10.6.